The molecule has 0 aromatic heterocycles. The number of rotatable bonds is 7. The number of ether oxygens (including phenoxy) is 2. The second-order valence-electron chi connectivity index (χ2n) is 4.39. The molecule has 1 aromatic rings. The molecule has 102 valence electrons. The van der Waals surface area contributed by atoms with Gasteiger partial charge in [-0.25, -0.2) is 0 Å². The van der Waals surface area contributed by atoms with Gasteiger partial charge in [0.15, 0.2) is 0 Å². The molecular weight excluding hydrogens is 250 g/mol. The Morgan fingerprint density at radius 3 is 2.67 bits per heavy atom. The van der Waals surface area contributed by atoms with Crippen LogP contribution in [0.5, 0.6) is 5.75 Å². The van der Waals surface area contributed by atoms with Crippen LogP contribution in [0.2, 0.25) is 5.02 Å². The van der Waals surface area contributed by atoms with Crippen molar-refractivity contribution in [3.05, 3.63) is 28.8 Å². The van der Waals surface area contributed by atoms with E-state index < -0.39 is 0 Å². The second kappa shape index (κ2) is 7.62. The van der Waals surface area contributed by atoms with Crippen LogP contribution < -0.4 is 10.5 Å². The van der Waals surface area contributed by atoms with Gasteiger partial charge >= 0.3 is 0 Å². The van der Waals surface area contributed by atoms with Crippen molar-refractivity contribution in [1.82, 2.24) is 0 Å². The molecule has 4 heteroatoms. The smallest absolute Gasteiger partial charge is 0.138 e. The summed E-state index contributed by atoms with van der Waals surface area (Å²) < 4.78 is 10.5. The zero-order valence-electron chi connectivity index (χ0n) is 11.3. The molecule has 3 nitrogen and oxygen atoms in total. The SMILES string of the molecule is CC[C@@H](N)[C@@H](C)c1ccc(Cl)c(OCCOC)c1. The highest BCUT2D eigenvalue weighted by Gasteiger charge is 2.14. The van der Waals surface area contributed by atoms with Gasteiger partial charge in [-0.05, 0) is 30.0 Å². The van der Waals surface area contributed by atoms with Gasteiger partial charge in [0, 0.05) is 13.2 Å². The van der Waals surface area contributed by atoms with Gasteiger partial charge in [-0.2, -0.15) is 0 Å². The average Bonchev–Trinajstić information content (AvgIpc) is 2.39. The van der Waals surface area contributed by atoms with Crippen LogP contribution in [0.15, 0.2) is 18.2 Å². The van der Waals surface area contributed by atoms with E-state index in [9.17, 15) is 0 Å². The van der Waals surface area contributed by atoms with E-state index in [1.807, 2.05) is 18.2 Å². The first-order valence-electron chi connectivity index (χ1n) is 6.26. The van der Waals surface area contributed by atoms with E-state index in [1.165, 1.54) is 0 Å². The van der Waals surface area contributed by atoms with E-state index in [1.54, 1.807) is 7.11 Å². The fraction of sp³-hybridized carbons (Fsp3) is 0.571. The van der Waals surface area contributed by atoms with Crippen molar-refractivity contribution in [3.8, 4) is 5.75 Å². The molecule has 0 aliphatic rings. The standard InChI is InChI=1S/C14H22ClNO2/c1-4-13(16)10(2)11-5-6-12(15)14(9-11)18-8-7-17-3/h5-6,9-10,13H,4,7-8,16H2,1-3H3/t10-,13+/m0/s1. The number of methoxy groups -OCH3 is 1. The number of hydrogen-bond donors (Lipinski definition) is 1. The Kier molecular flexibility index (Phi) is 6.47. The summed E-state index contributed by atoms with van der Waals surface area (Å²) in [5.41, 5.74) is 7.22. The molecule has 2 N–H and O–H groups in total. The molecule has 2 atom stereocenters. The quantitative estimate of drug-likeness (QED) is 0.775. The van der Waals surface area contributed by atoms with Crippen molar-refractivity contribution >= 4 is 11.6 Å². The highest BCUT2D eigenvalue weighted by atomic mass is 35.5. The summed E-state index contributed by atoms with van der Waals surface area (Å²) >= 11 is 6.10. The first-order valence-corrected chi connectivity index (χ1v) is 6.64. The monoisotopic (exact) mass is 271 g/mol. The zero-order chi connectivity index (χ0) is 13.5. The van der Waals surface area contributed by atoms with Crippen molar-refractivity contribution in [1.29, 1.82) is 0 Å². The van der Waals surface area contributed by atoms with Crippen LogP contribution >= 0.6 is 11.6 Å². The molecule has 1 aromatic carbocycles. The van der Waals surface area contributed by atoms with Crippen molar-refractivity contribution in [3.63, 3.8) is 0 Å². The summed E-state index contributed by atoms with van der Waals surface area (Å²) in [5.74, 6) is 0.985. The molecule has 0 spiro atoms. The Bertz CT molecular complexity index is 371. The van der Waals surface area contributed by atoms with E-state index >= 15 is 0 Å². The molecule has 0 amide bonds. The summed E-state index contributed by atoms with van der Waals surface area (Å²) in [6, 6.07) is 5.99. The second-order valence-corrected chi connectivity index (χ2v) is 4.80. The maximum atomic E-state index is 6.10. The molecule has 18 heavy (non-hydrogen) atoms. The Morgan fingerprint density at radius 1 is 1.33 bits per heavy atom. The first-order chi connectivity index (χ1) is 8.60. The lowest BCUT2D eigenvalue weighted by Crippen LogP contribution is -2.25. The Hall–Kier alpha value is -0.770. The van der Waals surface area contributed by atoms with Gasteiger partial charge in [0.2, 0.25) is 0 Å². The highest BCUT2D eigenvalue weighted by molar-refractivity contribution is 6.32. The molecule has 0 aliphatic heterocycles. The van der Waals surface area contributed by atoms with Gasteiger partial charge in [-0.15, -0.1) is 0 Å². The maximum absolute atomic E-state index is 6.10. The van der Waals surface area contributed by atoms with Crippen molar-refractivity contribution in [2.45, 2.75) is 32.2 Å². The highest BCUT2D eigenvalue weighted by Crippen LogP contribution is 2.30. The third kappa shape index (κ3) is 4.16. The molecule has 0 aliphatic carbocycles. The molecule has 1 rings (SSSR count). The lowest BCUT2D eigenvalue weighted by atomic mass is 9.92. The van der Waals surface area contributed by atoms with Crippen molar-refractivity contribution in [2.24, 2.45) is 5.73 Å². The van der Waals surface area contributed by atoms with Crippen LogP contribution in [-0.4, -0.2) is 26.4 Å². The fourth-order valence-electron chi connectivity index (χ4n) is 1.75. The van der Waals surface area contributed by atoms with E-state index in [0.29, 0.717) is 24.0 Å². The summed E-state index contributed by atoms with van der Waals surface area (Å²) in [5, 5.41) is 0.618. The lowest BCUT2D eigenvalue weighted by Gasteiger charge is -2.20. The Labute approximate surface area is 114 Å². The van der Waals surface area contributed by atoms with Crippen LogP contribution in [0.4, 0.5) is 0 Å². The largest absolute Gasteiger partial charge is 0.490 e. The van der Waals surface area contributed by atoms with E-state index in [4.69, 9.17) is 26.8 Å². The van der Waals surface area contributed by atoms with Crippen LogP contribution in [0, 0.1) is 0 Å². The Balaban J connectivity index is 2.79. The zero-order valence-corrected chi connectivity index (χ0v) is 12.0. The summed E-state index contributed by atoms with van der Waals surface area (Å²) in [7, 11) is 1.64. The van der Waals surface area contributed by atoms with E-state index in [2.05, 4.69) is 13.8 Å². The third-order valence-corrected chi connectivity index (χ3v) is 3.45. The van der Waals surface area contributed by atoms with Crippen LogP contribution in [0.3, 0.4) is 0 Å². The molecule has 0 saturated carbocycles. The molecule has 0 heterocycles. The van der Waals surface area contributed by atoms with Crippen LogP contribution in [-0.2, 0) is 4.74 Å². The van der Waals surface area contributed by atoms with Gasteiger partial charge in [-0.1, -0.05) is 31.5 Å². The molecule has 0 bridgehead atoms. The minimum absolute atomic E-state index is 0.151. The number of benzene rings is 1. The summed E-state index contributed by atoms with van der Waals surface area (Å²) in [4.78, 5) is 0. The fourth-order valence-corrected chi connectivity index (χ4v) is 1.92. The van der Waals surface area contributed by atoms with Gasteiger partial charge in [-0.3, -0.25) is 0 Å². The minimum atomic E-state index is 0.151. The van der Waals surface area contributed by atoms with Crippen molar-refractivity contribution in [2.75, 3.05) is 20.3 Å². The molecular formula is C14H22ClNO2. The normalized spacial score (nSPS) is 14.3. The average molecular weight is 272 g/mol. The lowest BCUT2D eigenvalue weighted by molar-refractivity contribution is 0.146. The van der Waals surface area contributed by atoms with Gasteiger partial charge in [0.25, 0.3) is 0 Å². The predicted octanol–water partition coefficient (Wildman–Crippen LogP) is 3.21. The van der Waals surface area contributed by atoms with E-state index in [0.717, 1.165) is 12.0 Å². The van der Waals surface area contributed by atoms with Crippen molar-refractivity contribution < 1.29 is 9.47 Å². The first kappa shape index (κ1) is 15.3. The Morgan fingerprint density at radius 2 is 2.06 bits per heavy atom. The van der Waals surface area contributed by atoms with E-state index in [-0.39, 0.29) is 12.0 Å². The minimum Gasteiger partial charge on any atom is -0.490 e. The number of halogens is 1. The molecule has 0 saturated heterocycles. The molecule has 0 fully saturated rings. The molecule has 0 unspecified atom stereocenters. The maximum Gasteiger partial charge on any atom is 0.138 e. The summed E-state index contributed by atoms with van der Waals surface area (Å²) in [6.07, 6.45) is 0.948. The van der Waals surface area contributed by atoms with Crippen LogP contribution in [0.1, 0.15) is 31.7 Å². The van der Waals surface area contributed by atoms with Gasteiger partial charge < -0.3 is 15.2 Å². The topological polar surface area (TPSA) is 44.5 Å². The number of nitrogens with two attached hydrogens (primary N) is 1. The van der Waals surface area contributed by atoms with Gasteiger partial charge in [0.1, 0.15) is 12.4 Å². The van der Waals surface area contributed by atoms with Crippen LogP contribution in [0.25, 0.3) is 0 Å². The predicted molar refractivity (Wildman–Crippen MR) is 75.5 cm³/mol. The van der Waals surface area contributed by atoms with Gasteiger partial charge in [0.05, 0.1) is 11.6 Å². The summed E-state index contributed by atoms with van der Waals surface area (Å²) in [6.45, 7) is 5.25. The molecule has 0 radical (unpaired) electrons. The number of hydrogen-bond acceptors (Lipinski definition) is 3. The third-order valence-electron chi connectivity index (χ3n) is 3.14.